The summed E-state index contributed by atoms with van der Waals surface area (Å²) >= 11 is 5.17. The third-order valence-corrected chi connectivity index (χ3v) is 4.59. The van der Waals surface area contributed by atoms with E-state index in [4.69, 9.17) is 0 Å². The Bertz CT molecular complexity index is 488. The molecule has 2 rings (SSSR count). The van der Waals surface area contributed by atoms with Crippen molar-refractivity contribution in [2.45, 2.75) is 24.7 Å². The average molecular weight is 314 g/mol. The van der Waals surface area contributed by atoms with Crippen LogP contribution in [-0.2, 0) is 4.79 Å². The fourth-order valence-electron chi connectivity index (χ4n) is 1.58. The topological polar surface area (TPSA) is 46.2 Å². The number of rotatable bonds is 4. The zero-order chi connectivity index (χ0) is 12.4. The van der Waals surface area contributed by atoms with Gasteiger partial charge in [-0.2, -0.15) is 0 Å². The van der Waals surface area contributed by atoms with Crippen LogP contribution in [0.3, 0.4) is 0 Å². The molecule has 0 aromatic heterocycles. The van der Waals surface area contributed by atoms with Crippen LogP contribution < -0.4 is 5.32 Å². The predicted octanol–water partition coefficient (Wildman–Crippen LogP) is 3.48. The van der Waals surface area contributed by atoms with E-state index in [0.29, 0.717) is 11.3 Å². The highest BCUT2D eigenvalue weighted by molar-refractivity contribution is 9.10. The first-order chi connectivity index (χ1) is 8.13. The van der Waals surface area contributed by atoms with Crippen LogP contribution >= 0.6 is 27.7 Å². The molecule has 3 nitrogen and oxygen atoms in total. The second kappa shape index (κ2) is 5.23. The lowest BCUT2D eigenvalue weighted by Gasteiger charge is -2.06. The maximum Gasteiger partial charge on any atom is 0.296 e. The standard InChI is InChI=1S/C12H12BrNO2S/c1-2-3-4-17-10-6-9-7(5-8(10)13)11(15)12(16)14-9/h5-6H,2-4H2,1H3,(H,14,15,16). The highest BCUT2D eigenvalue weighted by atomic mass is 79.9. The summed E-state index contributed by atoms with van der Waals surface area (Å²) in [6, 6.07) is 3.59. The van der Waals surface area contributed by atoms with Gasteiger partial charge < -0.3 is 5.32 Å². The summed E-state index contributed by atoms with van der Waals surface area (Å²) in [5.74, 6) is 0.0453. The fraction of sp³-hybridized carbons (Fsp3) is 0.333. The van der Waals surface area contributed by atoms with E-state index in [0.717, 1.165) is 28.0 Å². The normalized spacial score (nSPS) is 13.8. The molecule has 0 saturated carbocycles. The summed E-state index contributed by atoms with van der Waals surface area (Å²) < 4.78 is 0.877. The van der Waals surface area contributed by atoms with Gasteiger partial charge in [-0.25, -0.2) is 0 Å². The molecule has 0 saturated heterocycles. The van der Waals surface area contributed by atoms with Crippen LogP contribution in [0.15, 0.2) is 21.5 Å². The van der Waals surface area contributed by atoms with Gasteiger partial charge in [0.15, 0.2) is 0 Å². The number of hydrogen-bond donors (Lipinski definition) is 1. The van der Waals surface area contributed by atoms with Crippen molar-refractivity contribution in [2.24, 2.45) is 0 Å². The number of halogens is 1. The average Bonchev–Trinajstić information content (AvgIpc) is 2.56. The van der Waals surface area contributed by atoms with Crippen molar-refractivity contribution in [3.63, 3.8) is 0 Å². The Morgan fingerprint density at radius 2 is 2.12 bits per heavy atom. The lowest BCUT2D eigenvalue weighted by molar-refractivity contribution is -0.112. The highest BCUT2D eigenvalue weighted by Gasteiger charge is 2.28. The van der Waals surface area contributed by atoms with Crippen molar-refractivity contribution in [1.82, 2.24) is 0 Å². The molecule has 1 aromatic rings. The van der Waals surface area contributed by atoms with Gasteiger partial charge in [-0.15, -0.1) is 11.8 Å². The molecule has 0 radical (unpaired) electrons. The van der Waals surface area contributed by atoms with Gasteiger partial charge in [0.1, 0.15) is 0 Å². The minimum atomic E-state index is -0.539. The van der Waals surface area contributed by atoms with Crippen LogP contribution in [0.5, 0.6) is 0 Å². The van der Waals surface area contributed by atoms with Gasteiger partial charge in [-0.3, -0.25) is 9.59 Å². The van der Waals surface area contributed by atoms with E-state index >= 15 is 0 Å². The highest BCUT2D eigenvalue weighted by Crippen LogP contribution is 2.35. The third-order valence-electron chi connectivity index (χ3n) is 2.53. The molecule has 1 aliphatic heterocycles. The van der Waals surface area contributed by atoms with E-state index < -0.39 is 11.7 Å². The molecule has 0 atom stereocenters. The molecule has 0 aliphatic carbocycles. The van der Waals surface area contributed by atoms with Crippen molar-refractivity contribution < 1.29 is 9.59 Å². The minimum absolute atomic E-state index is 0.453. The summed E-state index contributed by atoms with van der Waals surface area (Å²) in [6.45, 7) is 2.15. The summed E-state index contributed by atoms with van der Waals surface area (Å²) in [4.78, 5) is 23.8. The van der Waals surface area contributed by atoms with Gasteiger partial charge >= 0.3 is 0 Å². The van der Waals surface area contributed by atoms with Gasteiger partial charge in [0.2, 0.25) is 0 Å². The van der Waals surface area contributed by atoms with Crippen molar-refractivity contribution in [2.75, 3.05) is 11.1 Å². The molecule has 1 aromatic carbocycles. The Hall–Kier alpha value is -0.810. The van der Waals surface area contributed by atoms with Crippen LogP contribution in [-0.4, -0.2) is 17.4 Å². The van der Waals surface area contributed by atoms with E-state index in [9.17, 15) is 9.59 Å². The molecule has 5 heteroatoms. The van der Waals surface area contributed by atoms with Crippen molar-refractivity contribution in [3.05, 3.63) is 22.2 Å². The summed E-state index contributed by atoms with van der Waals surface area (Å²) in [5, 5.41) is 2.58. The quantitative estimate of drug-likeness (QED) is 0.526. The zero-order valence-corrected chi connectivity index (χ0v) is 11.8. The first kappa shape index (κ1) is 12.6. The molecular formula is C12H12BrNO2S. The van der Waals surface area contributed by atoms with Gasteiger partial charge in [-0.05, 0) is 40.2 Å². The number of benzene rings is 1. The first-order valence-electron chi connectivity index (χ1n) is 5.45. The van der Waals surface area contributed by atoms with E-state index in [-0.39, 0.29) is 0 Å². The Morgan fingerprint density at radius 3 is 2.82 bits per heavy atom. The van der Waals surface area contributed by atoms with Crippen LogP contribution in [0.1, 0.15) is 30.1 Å². The molecule has 1 amide bonds. The van der Waals surface area contributed by atoms with Crippen LogP contribution in [0, 0.1) is 0 Å². The Kier molecular flexibility index (Phi) is 3.89. The largest absolute Gasteiger partial charge is 0.318 e. The number of thioether (sulfide) groups is 1. The number of ketones is 1. The summed E-state index contributed by atoms with van der Waals surface area (Å²) in [5.41, 5.74) is 1.09. The van der Waals surface area contributed by atoms with Gasteiger partial charge in [0.25, 0.3) is 11.7 Å². The Labute approximate surface area is 112 Å². The van der Waals surface area contributed by atoms with Crippen molar-refractivity contribution in [1.29, 1.82) is 0 Å². The molecule has 0 bridgehead atoms. The number of fused-ring (bicyclic) bond motifs is 1. The van der Waals surface area contributed by atoms with E-state index in [1.54, 1.807) is 17.8 Å². The van der Waals surface area contributed by atoms with Gasteiger partial charge in [0, 0.05) is 9.37 Å². The monoisotopic (exact) mass is 313 g/mol. The number of carbonyl (C=O) groups is 2. The number of hydrogen-bond acceptors (Lipinski definition) is 3. The molecular weight excluding hydrogens is 302 g/mol. The fourth-order valence-corrected chi connectivity index (χ4v) is 3.32. The zero-order valence-electron chi connectivity index (χ0n) is 9.38. The molecule has 1 heterocycles. The predicted molar refractivity (Wildman–Crippen MR) is 72.7 cm³/mol. The molecule has 1 aliphatic rings. The minimum Gasteiger partial charge on any atom is -0.318 e. The number of amides is 1. The number of anilines is 1. The summed E-state index contributed by atoms with van der Waals surface area (Å²) in [6.07, 6.45) is 2.31. The second-order valence-corrected chi connectivity index (χ2v) is 5.80. The maximum absolute atomic E-state index is 11.5. The third kappa shape index (κ3) is 2.55. The Balaban J connectivity index is 2.24. The van der Waals surface area contributed by atoms with E-state index in [2.05, 4.69) is 28.2 Å². The van der Waals surface area contributed by atoms with E-state index in [1.165, 1.54) is 0 Å². The maximum atomic E-state index is 11.5. The molecule has 0 fully saturated rings. The molecule has 1 N–H and O–H groups in total. The lowest BCUT2D eigenvalue weighted by atomic mass is 10.1. The number of carbonyl (C=O) groups excluding carboxylic acids is 2. The van der Waals surface area contributed by atoms with Gasteiger partial charge in [0.05, 0.1) is 11.3 Å². The first-order valence-corrected chi connectivity index (χ1v) is 7.23. The SMILES string of the molecule is CCCCSc1cc2c(cc1Br)C(=O)C(=O)N2. The Morgan fingerprint density at radius 1 is 1.35 bits per heavy atom. The van der Waals surface area contributed by atoms with Gasteiger partial charge in [-0.1, -0.05) is 13.3 Å². The van der Waals surface area contributed by atoms with Crippen LogP contribution in [0.4, 0.5) is 5.69 Å². The molecule has 17 heavy (non-hydrogen) atoms. The van der Waals surface area contributed by atoms with Crippen LogP contribution in [0.25, 0.3) is 0 Å². The van der Waals surface area contributed by atoms with E-state index in [1.807, 2.05) is 6.07 Å². The molecule has 90 valence electrons. The number of nitrogens with one attached hydrogen (secondary N) is 1. The number of Topliss-reactive ketones (excluding diaryl/α,β-unsaturated/α-hetero) is 1. The second-order valence-electron chi connectivity index (χ2n) is 3.81. The lowest BCUT2D eigenvalue weighted by Crippen LogP contribution is -2.12. The number of unbranched alkanes of at least 4 members (excludes halogenated alkanes) is 1. The van der Waals surface area contributed by atoms with Crippen molar-refractivity contribution >= 4 is 45.1 Å². The summed E-state index contributed by atoms with van der Waals surface area (Å²) in [7, 11) is 0. The molecule has 0 unspecified atom stereocenters. The molecule has 0 spiro atoms. The van der Waals surface area contributed by atoms with Crippen LogP contribution in [0.2, 0.25) is 0 Å². The van der Waals surface area contributed by atoms with Crippen molar-refractivity contribution in [3.8, 4) is 0 Å². The smallest absolute Gasteiger partial charge is 0.296 e.